The van der Waals surface area contributed by atoms with Crippen LogP contribution in [0.25, 0.3) is 0 Å². The average molecular weight is 469 g/mol. The Morgan fingerprint density at radius 1 is 1.06 bits per heavy atom. The van der Waals surface area contributed by atoms with Crippen molar-refractivity contribution in [3.63, 3.8) is 0 Å². The quantitative estimate of drug-likeness (QED) is 0.477. The molecule has 1 amide bonds. The second-order valence-electron chi connectivity index (χ2n) is 7.80. The summed E-state index contributed by atoms with van der Waals surface area (Å²) in [5.74, 6) is -1.55. The van der Waals surface area contributed by atoms with Crippen LogP contribution in [0.3, 0.4) is 0 Å². The van der Waals surface area contributed by atoms with Crippen molar-refractivity contribution in [2.75, 3.05) is 23.7 Å². The zero-order chi connectivity index (χ0) is 23.7. The number of aryl methyl sites for hydroxylation is 1. The summed E-state index contributed by atoms with van der Waals surface area (Å²) < 4.78 is 57.2. The van der Waals surface area contributed by atoms with Gasteiger partial charge in [0.15, 0.2) is 11.6 Å². The number of carbonyl (C=O) groups is 1. The van der Waals surface area contributed by atoms with Crippen LogP contribution in [0.5, 0.6) is 5.75 Å². The Balaban J connectivity index is 1.74. The first-order valence-electron chi connectivity index (χ1n) is 10.5. The van der Waals surface area contributed by atoms with Gasteiger partial charge in [-0.15, -0.1) is 0 Å². The van der Waals surface area contributed by atoms with Crippen LogP contribution in [-0.2, 0) is 21.2 Å². The lowest BCUT2D eigenvalue weighted by Gasteiger charge is -2.22. The van der Waals surface area contributed by atoms with Gasteiger partial charge in [-0.3, -0.25) is 9.10 Å². The number of nitrogens with one attached hydrogen (secondary N) is 1. The average Bonchev–Trinajstić information content (AvgIpc) is 2.71. The molecule has 6 nitrogen and oxygen atoms in total. The molecule has 1 N–H and O–H groups in total. The number of rotatable bonds is 12. The first-order chi connectivity index (χ1) is 15.1. The van der Waals surface area contributed by atoms with Crippen LogP contribution in [0.1, 0.15) is 38.7 Å². The van der Waals surface area contributed by atoms with Gasteiger partial charge in [0.05, 0.1) is 18.0 Å². The number of hydrogen-bond donors (Lipinski definition) is 1. The summed E-state index contributed by atoms with van der Waals surface area (Å²) >= 11 is 0. The summed E-state index contributed by atoms with van der Waals surface area (Å²) in [7, 11) is -3.70. The molecule has 176 valence electrons. The topological polar surface area (TPSA) is 75.7 Å². The fraction of sp³-hybridized carbons (Fsp3) is 0.435. The van der Waals surface area contributed by atoms with Crippen molar-refractivity contribution in [1.29, 1.82) is 0 Å². The number of amides is 1. The lowest BCUT2D eigenvalue weighted by atomic mass is 10.1. The van der Waals surface area contributed by atoms with Gasteiger partial charge in [-0.1, -0.05) is 12.1 Å². The Morgan fingerprint density at radius 2 is 1.75 bits per heavy atom. The highest BCUT2D eigenvalue weighted by atomic mass is 32.2. The molecule has 32 heavy (non-hydrogen) atoms. The van der Waals surface area contributed by atoms with Crippen LogP contribution < -0.4 is 14.4 Å². The number of sulfonamides is 1. The molecule has 0 fully saturated rings. The van der Waals surface area contributed by atoms with Gasteiger partial charge in [0, 0.05) is 25.6 Å². The van der Waals surface area contributed by atoms with Crippen molar-refractivity contribution in [1.82, 2.24) is 5.32 Å². The number of nitrogens with zero attached hydrogens (tertiary/aromatic N) is 1. The van der Waals surface area contributed by atoms with Crippen LogP contribution in [0.15, 0.2) is 42.5 Å². The third kappa shape index (κ3) is 8.45. The van der Waals surface area contributed by atoms with Crippen molar-refractivity contribution in [3.8, 4) is 5.75 Å². The second kappa shape index (κ2) is 11.8. The van der Waals surface area contributed by atoms with Crippen molar-refractivity contribution in [2.24, 2.45) is 0 Å². The van der Waals surface area contributed by atoms with Crippen LogP contribution in [0, 0.1) is 11.6 Å². The van der Waals surface area contributed by atoms with E-state index in [9.17, 15) is 22.0 Å². The number of hydrogen-bond acceptors (Lipinski definition) is 4. The number of halogens is 2. The van der Waals surface area contributed by atoms with Gasteiger partial charge in [-0.05, 0) is 62.9 Å². The fourth-order valence-electron chi connectivity index (χ4n) is 3.13. The Hall–Kier alpha value is -2.68. The number of benzene rings is 2. The van der Waals surface area contributed by atoms with Crippen LogP contribution >= 0.6 is 0 Å². The minimum atomic E-state index is -3.70. The standard InChI is InChI=1S/C23H30F2N2O4S/c1-17(2)31-20-11-8-18(9-12-20)6-4-14-26-23(28)7-5-15-27(32(3,29)30)19-10-13-21(24)22(25)16-19/h8-13,16-17H,4-7,14-15H2,1-3H3,(H,26,28). The Bertz CT molecular complexity index is 996. The number of carbonyl (C=O) groups excluding carboxylic acids is 1. The van der Waals surface area contributed by atoms with Gasteiger partial charge in [0.2, 0.25) is 15.9 Å². The lowest BCUT2D eigenvalue weighted by molar-refractivity contribution is -0.121. The molecule has 0 unspecified atom stereocenters. The second-order valence-corrected chi connectivity index (χ2v) is 9.71. The van der Waals surface area contributed by atoms with E-state index in [0.29, 0.717) is 6.54 Å². The minimum Gasteiger partial charge on any atom is -0.491 e. The third-order valence-electron chi connectivity index (χ3n) is 4.62. The van der Waals surface area contributed by atoms with E-state index in [2.05, 4.69) is 5.32 Å². The van der Waals surface area contributed by atoms with Gasteiger partial charge in [-0.2, -0.15) is 0 Å². The smallest absolute Gasteiger partial charge is 0.232 e. The molecule has 2 aromatic rings. The largest absolute Gasteiger partial charge is 0.491 e. The van der Waals surface area contributed by atoms with Crippen molar-refractivity contribution >= 4 is 21.6 Å². The SMILES string of the molecule is CC(C)Oc1ccc(CCCNC(=O)CCCN(c2ccc(F)c(F)c2)S(C)(=O)=O)cc1. The van der Waals surface area contributed by atoms with Gasteiger partial charge >= 0.3 is 0 Å². The highest BCUT2D eigenvalue weighted by molar-refractivity contribution is 7.92. The molecule has 0 aliphatic heterocycles. The van der Waals surface area contributed by atoms with Gasteiger partial charge in [-0.25, -0.2) is 17.2 Å². The number of anilines is 1. The zero-order valence-electron chi connectivity index (χ0n) is 18.6. The molecule has 0 saturated carbocycles. The normalized spacial score (nSPS) is 11.4. The molecule has 0 aromatic heterocycles. The van der Waals surface area contributed by atoms with E-state index >= 15 is 0 Å². The highest BCUT2D eigenvalue weighted by Gasteiger charge is 2.19. The van der Waals surface area contributed by atoms with Crippen LogP contribution in [0.4, 0.5) is 14.5 Å². The van der Waals surface area contributed by atoms with Crippen molar-refractivity contribution < 1.29 is 26.7 Å². The van der Waals surface area contributed by atoms with Crippen LogP contribution in [-0.4, -0.2) is 39.8 Å². The van der Waals surface area contributed by atoms with Gasteiger partial charge < -0.3 is 10.1 Å². The Labute approximate surface area is 188 Å². The van der Waals surface area contributed by atoms with Gasteiger partial charge in [0.25, 0.3) is 0 Å². The molecule has 0 aliphatic carbocycles. The van der Waals surface area contributed by atoms with Gasteiger partial charge in [0.1, 0.15) is 5.75 Å². The first kappa shape index (κ1) is 25.6. The molecule has 0 aliphatic rings. The maximum absolute atomic E-state index is 13.5. The number of ether oxygens (including phenoxy) is 1. The van der Waals surface area contributed by atoms with E-state index in [4.69, 9.17) is 4.74 Å². The lowest BCUT2D eigenvalue weighted by Crippen LogP contribution is -2.32. The van der Waals surface area contributed by atoms with Crippen molar-refractivity contribution in [2.45, 2.75) is 45.6 Å². The summed E-state index contributed by atoms with van der Waals surface area (Å²) in [6, 6.07) is 10.7. The Morgan fingerprint density at radius 3 is 2.34 bits per heavy atom. The summed E-state index contributed by atoms with van der Waals surface area (Å²) in [5, 5.41) is 2.82. The zero-order valence-corrected chi connectivity index (χ0v) is 19.4. The molecular weight excluding hydrogens is 438 g/mol. The summed E-state index contributed by atoms with van der Waals surface area (Å²) in [6.45, 7) is 4.43. The van der Waals surface area contributed by atoms with E-state index in [-0.39, 0.29) is 37.1 Å². The molecule has 2 rings (SSSR count). The predicted octanol–water partition coefficient (Wildman–Crippen LogP) is 4.05. The van der Waals surface area contributed by atoms with E-state index in [1.807, 2.05) is 38.1 Å². The molecule has 0 saturated heterocycles. The van der Waals surface area contributed by atoms with E-state index in [1.54, 1.807) is 0 Å². The molecule has 0 radical (unpaired) electrons. The monoisotopic (exact) mass is 468 g/mol. The molecule has 0 atom stereocenters. The van der Waals surface area contributed by atoms with Crippen molar-refractivity contribution in [3.05, 3.63) is 59.7 Å². The van der Waals surface area contributed by atoms with E-state index in [1.165, 1.54) is 6.07 Å². The molecule has 0 spiro atoms. The van der Waals surface area contributed by atoms with E-state index in [0.717, 1.165) is 46.8 Å². The third-order valence-corrected chi connectivity index (χ3v) is 5.81. The molecule has 2 aromatic carbocycles. The first-order valence-corrected chi connectivity index (χ1v) is 12.4. The maximum Gasteiger partial charge on any atom is 0.232 e. The molecule has 0 heterocycles. The van der Waals surface area contributed by atoms with Crippen LogP contribution in [0.2, 0.25) is 0 Å². The molecular formula is C23H30F2N2O4S. The molecule has 0 bridgehead atoms. The summed E-state index contributed by atoms with van der Waals surface area (Å²) in [5.41, 5.74) is 1.17. The minimum absolute atomic E-state index is 0.0118. The summed E-state index contributed by atoms with van der Waals surface area (Å²) in [4.78, 5) is 12.1. The molecule has 9 heteroatoms. The Kier molecular flexibility index (Phi) is 9.43. The predicted molar refractivity (Wildman–Crippen MR) is 121 cm³/mol. The summed E-state index contributed by atoms with van der Waals surface area (Å²) in [6.07, 6.45) is 3.04. The maximum atomic E-state index is 13.5. The fourth-order valence-corrected chi connectivity index (χ4v) is 4.08. The highest BCUT2D eigenvalue weighted by Crippen LogP contribution is 2.21. The van der Waals surface area contributed by atoms with E-state index < -0.39 is 21.7 Å².